The van der Waals surface area contributed by atoms with Crippen molar-refractivity contribution in [2.45, 2.75) is 20.0 Å². The Labute approximate surface area is 132 Å². The van der Waals surface area contributed by atoms with Crippen molar-refractivity contribution in [1.29, 1.82) is 0 Å². The molecule has 108 valence electrons. The zero-order chi connectivity index (χ0) is 15.1. The first-order valence-electron chi connectivity index (χ1n) is 5.68. The summed E-state index contributed by atoms with van der Waals surface area (Å²) in [6, 6.07) is 3.13. The average Bonchev–Trinajstić information content (AvgIpc) is 2.45. The zero-order valence-electron chi connectivity index (χ0n) is 10.6. The van der Waals surface area contributed by atoms with Crippen LogP contribution in [0, 0.1) is 11.6 Å². The number of aliphatic hydroxyl groups excluding tert-OH is 1. The van der Waals surface area contributed by atoms with Gasteiger partial charge in [0, 0.05) is 5.69 Å². The summed E-state index contributed by atoms with van der Waals surface area (Å²) in [7, 11) is 0. The van der Waals surface area contributed by atoms with E-state index in [9.17, 15) is 8.78 Å². The summed E-state index contributed by atoms with van der Waals surface area (Å²) < 4.78 is 25.8. The molecule has 0 unspecified atom stereocenters. The maximum absolute atomic E-state index is 12.5. The van der Waals surface area contributed by atoms with E-state index in [1.165, 1.54) is 12.3 Å². The van der Waals surface area contributed by atoms with Crippen molar-refractivity contribution in [3.63, 3.8) is 0 Å². The molecule has 0 aromatic carbocycles. The molecule has 2 rings (SSSR count). The third-order valence-corrected chi connectivity index (χ3v) is 3.47. The second-order valence-electron chi connectivity index (χ2n) is 3.69. The number of nitrogens with zero attached hydrogens (tertiary/aromatic N) is 2. The van der Waals surface area contributed by atoms with Gasteiger partial charge in [-0.05, 0) is 50.4 Å². The second-order valence-corrected chi connectivity index (χ2v) is 5.40. The fourth-order valence-electron chi connectivity index (χ4n) is 1.19. The molecule has 0 bridgehead atoms. The Hall–Kier alpha value is -0.920. The Morgan fingerprint density at radius 1 is 1.00 bits per heavy atom. The van der Waals surface area contributed by atoms with Crippen molar-refractivity contribution < 1.29 is 13.9 Å². The van der Waals surface area contributed by atoms with E-state index in [4.69, 9.17) is 5.11 Å². The summed E-state index contributed by atoms with van der Waals surface area (Å²) in [5.41, 5.74) is 1.35. The summed E-state index contributed by atoms with van der Waals surface area (Å²) >= 11 is 6.03. The van der Waals surface area contributed by atoms with Gasteiger partial charge in [0.15, 0.2) is 11.6 Å². The molecule has 2 heterocycles. The molecule has 7 heteroatoms. The van der Waals surface area contributed by atoms with Gasteiger partial charge in [0.25, 0.3) is 0 Å². The zero-order valence-corrected chi connectivity index (χ0v) is 13.7. The van der Waals surface area contributed by atoms with Gasteiger partial charge in [-0.1, -0.05) is 6.92 Å². The highest BCUT2D eigenvalue weighted by Gasteiger charge is 1.99. The molecule has 3 nitrogen and oxygen atoms in total. The van der Waals surface area contributed by atoms with E-state index in [0.717, 1.165) is 18.3 Å². The predicted octanol–water partition coefficient (Wildman–Crippen LogP) is 4.02. The van der Waals surface area contributed by atoms with Crippen LogP contribution in [0.3, 0.4) is 0 Å². The van der Waals surface area contributed by atoms with Crippen LogP contribution >= 0.6 is 31.9 Å². The fraction of sp³-hybridized carbons (Fsp3) is 0.231. The quantitative estimate of drug-likeness (QED) is 0.814. The molecule has 1 N–H and O–H groups in total. The molecular weight excluding hydrogens is 398 g/mol. The first kappa shape index (κ1) is 17.1. The van der Waals surface area contributed by atoms with Gasteiger partial charge in [0.1, 0.15) is 0 Å². The summed E-state index contributed by atoms with van der Waals surface area (Å²) in [4.78, 5) is 7.46. The minimum absolute atomic E-state index is 0.168. The number of halogens is 4. The van der Waals surface area contributed by atoms with E-state index in [0.29, 0.717) is 14.6 Å². The molecular formula is C13H12Br2F2N2O. The standard InChI is InChI=1S/C7H7BrFN.C6H5BrFNO/c1-2-5-3-6(8)7(9)4-10-5;7-5-1-4(3-10)9-2-6(5)8/h3-4H,2H2,1H3;1-2,10H,3H2. The van der Waals surface area contributed by atoms with Gasteiger partial charge >= 0.3 is 0 Å². The molecule has 0 saturated heterocycles. The van der Waals surface area contributed by atoms with Gasteiger partial charge in [-0.2, -0.15) is 0 Å². The lowest BCUT2D eigenvalue weighted by molar-refractivity contribution is 0.276. The van der Waals surface area contributed by atoms with E-state index in [1.54, 1.807) is 6.07 Å². The summed E-state index contributed by atoms with van der Waals surface area (Å²) in [5, 5.41) is 8.55. The number of aryl methyl sites for hydroxylation is 1. The van der Waals surface area contributed by atoms with Gasteiger partial charge in [-0.15, -0.1) is 0 Å². The lowest BCUT2D eigenvalue weighted by atomic mass is 10.3. The van der Waals surface area contributed by atoms with Crippen molar-refractivity contribution in [1.82, 2.24) is 9.97 Å². The molecule has 20 heavy (non-hydrogen) atoms. The lowest BCUT2D eigenvalue weighted by Crippen LogP contribution is -1.89. The van der Waals surface area contributed by atoms with E-state index in [-0.39, 0.29) is 12.4 Å². The number of aliphatic hydroxyl groups is 1. The van der Waals surface area contributed by atoms with Crippen molar-refractivity contribution in [3.05, 3.63) is 56.5 Å². The summed E-state index contributed by atoms with van der Waals surface area (Å²) in [5.74, 6) is -0.727. The molecule has 0 saturated carbocycles. The van der Waals surface area contributed by atoms with E-state index < -0.39 is 5.82 Å². The predicted molar refractivity (Wildman–Crippen MR) is 79.1 cm³/mol. The number of pyridine rings is 2. The molecule has 0 amide bonds. The molecule has 0 radical (unpaired) electrons. The van der Waals surface area contributed by atoms with E-state index in [2.05, 4.69) is 41.8 Å². The van der Waals surface area contributed by atoms with Crippen LogP contribution in [0.1, 0.15) is 18.3 Å². The fourth-order valence-corrected chi connectivity index (χ4v) is 1.92. The highest BCUT2D eigenvalue weighted by molar-refractivity contribution is 9.10. The van der Waals surface area contributed by atoms with Gasteiger partial charge in [0.05, 0.1) is 33.6 Å². The average molecular weight is 410 g/mol. The largest absolute Gasteiger partial charge is 0.390 e. The first-order valence-corrected chi connectivity index (χ1v) is 7.27. The molecule has 0 spiro atoms. The van der Waals surface area contributed by atoms with Gasteiger partial charge < -0.3 is 5.11 Å². The van der Waals surface area contributed by atoms with Crippen molar-refractivity contribution >= 4 is 31.9 Å². The molecule has 0 aliphatic carbocycles. The molecule has 2 aromatic rings. The van der Waals surface area contributed by atoms with Gasteiger partial charge in [0.2, 0.25) is 0 Å². The molecule has 0 aliphatic rings. The van der Waals surface area contributed by atoms with Crippen molar-refractivity contribution in [2.24, 2.45) is 0 Å². The number of hydrogen-bond acceptors (Lipinski definition) is 3. The minimum Gasteiger partial charge on any atom is -0.390 e. The Bertz CT molecular complexity index is 531. The third-order valence-electron chi connectivity index (χ3n) is 2.25. The Kier molecular flexibility index (Phi) is 7.18. The second kappa shape index (κ2) is 8.39. The molecule has 0 fully saturated rings. The maximum Gasteiger partial charge on any atom is 0.155 e. The van der Waals surface area contributed by atoms with Crippen LogP contribution in [-0.4, -0.2) is 15.1 Å². The minimum atomic E-state index is -0.419. The monoisotopic (exact) mass is 408 g/mol. The summed E-state index contributed by atoms with van der Waals surface area (Å²) in [6.45, 7) is 1.81. The highest BCUT2D eigenvalue weighted by Crippen LogP contribution is 2.15. The molecule has 0 atom stereocenters. The Balaban J connectivity index is 0.000000200. The summed E-state index contributed by atoms with van der Waals surface area (Å²) in [6.07, 6.45) is 3.12. The van der Waals surface area contributed by atoms with Crippen LogP contribution in [0.2, 0.25) is 0 Å². The SMILES string of the molecule is CCc1cc(Br)c(F)cn1.OCc1cc(Br)c(F)cn1. The molecule has 2 aromatic heterocycles. The van der Waals surface area contributed by atoms with Crippen LogP contribution in [0.15, 0.2) is 33.5 Å². The van der Waals surface area contributed by atoms with Crippen LogP contribution in [0.4, 0.5) is 8.78 Å². The van der Waals surface area contributed by atoms with Gasteiger partial charge in [-0.3, -0.25) is 9.97 Å². The smallest absolute Gasteiger partial charge is 0.155 e. The van der Waals surface area contributed by atoms with Crippen molar-refractivity contribution in [2.75, 3.05) is 0 Å². The highest BCUT2D eigenvalue weighted by atomic mass is 79.9. The number of aromatic nitrogens is 2. The lowest BCUT2D eigenvalue weighted by Gasteiger charge is -1.96. The van der Waals surface area contributed by atoms with Crippen molar-refractivity contribution in [3.8, 4) is 0 Å². The number of hydrogen-bond donors (Lipinski definition) is 1. The number of rotatable bonds is 2. The molecule has 0 aliphatic heterocycles. The Morgan fingerprint density at radius 2 is 1.45 bits per heavy atom. The van der Waals surface area contributed by atoms with Crippen LogP contribution in [0.5, 0.6) is 0 Å². The van der Waals surface area contributed by atoms with E-state index in [1.807, 2.05) is 6.92 Å². The van der Waals surface area contributed by atoms with E-state index >= 15 is 0 Å². The Morgan fingerprint density at radius 3 is 1.85 bits per heavy atom. The normalized spacial score (nSPS) is 9.90. The van der Waals surface area contributed by atoms with Gasteiger partial charge in [-0.25, -0.2) is 8.78 Å². The topological polar surface area (TPSA) is 46.0 Å². The van der Waals surface area contributed by atoms with Crippen LogP contribution in [0.25, 0.3) is 0 Å². The first-order chi connectivity index (χ1) is 9.47. The van der Waals surface area contributed by atoms with Crippen LogP contribution in [-0.2, 0) is 13.0 Å². The van der Waals surface area contributed by atoms with Crippen LogP contribution < -0.4 is 0 Å². The maximum atomic E-state index is 12.5. The third kappa shape index (κ3) is 5.22.